The van der Waals surface area contributed by atoms with E-state index >= 15 is 0 Å². The van der Waals surface area contributed by atoms with Gasteiger partial charge in [0.1, 0.15) is 11.9 Å². The fourth-order valence-electron chi connectivity index (χ4n) is 4.66. The summed E-state index contributed by atoms with van der Waals surface area (Å²) in [5.74, 6) is 1.39. The normalized spacial score (nSPS) is 15.8. The molecule has 0 bridgehead atoms. The minimum absolute atomic E-state index is 0.225. The summed E-state index contributed by atoms with van der Waals surface area (Å²) in [5.41, 5.74) is 4.18. The zero-order chi connectivity index (χ0) is 22.5. The first-order chi connectivity index (χ1) is 16.3. The van der Waals surface area contributed by atoms with E-state index in [2.05, 4.69) is 34.9 Å². The lowest BCUT2D eigenvalue weighted by molar-refractivity contribution is -0.000823. The molecule has 0 spiro atoms. The molecule has 33 heavy (non-hydrogen) atoms. The van der Waals surface area contributed by atoms with E-state index in [9.17, 15) is 5.11 Å². The van der Waals surface area contributed by atoms with Gasteiger partial charge >= 0.3 is 0 Å². The molecule has 1 aliphatic heterocycles. The van der Waals surface area contributed by atoms with Gasteiger partial charge in [0.2, 0.25) is 0 Å². The molecular weight excluding hydrogens is 412 g/mol. The first-order valence-electron chi connectivity index (χ1n) is 11.7. The highest BCUT2D eigenvalue weighted by Crippen LogP contribution is 2.30. The minimum Gasteiger partial charge on any atom is -0.389 e. The molecule has 4 aromatic rings. The number of para-hydroxylation sites is 2. The van der Waals surface area contributed by atoms with Gasteiger partial charge in [-0.3, -0.25) is 0 Å². The monoisotopic (exact) mass is 442 g/mol. The Morgan fingerprint density at radius 3 is 2.15 bits per heavy atom. The summed E-state index contributed by atoms with van der Waals surface area (Å²) >= 11 is 0. The van der Waals surface area contributed by atoms with Crippen molar-refractivity contribution < 1.29 is 14.6 Å². The molecule has 0 radical (unpaired) electrons. The summed E-state index contributed by atoms with van der Waals surface area (Å²) in [4.78, 5) is 4.94. The first kappa shape index (κ1) is 21.8. The second kappa shape index (κ2) is 10.3. The molecule has 1 fully saturated rings. The number of hydrogen-bond acceptors (Lipinski definition) is 4. The zero-order valence-corrected chi connectivity index (χ0v) is 18.7. The lowest BCUT2D eigenvalue weighted by Crippen LogP contribution is -2.26. The molecule has 2 heterocycles. The summed E-state index contributed by atoms with van der Waals surface area (Å²) in [7, 11) is 0. The minimum atomic E-state index is -0.656. The number of imidazole rings is 1. The number of nitrogens with zero attached hydrogens (tertiary/aromatic N) is 2. The maximum atomic E-state index is 11.0. The molecular formula is C28H30N2O3. The van der Waals surface area contributed by atoms with Crippen LogP contribution >= 0.6 is 0 Å². The Bertz CT molecular complexity index is 1110. The Hall–Kier alpha value is -2.99. The maximum absolute atomic E-state index is 11.0. The van der Waals surface area contributed by atoms with Gasteiger partial charge < -0.3 is 19.1 Å². The van der Waals surface area contributed by atoms with Crippen LogP contribution in [0.15, 0.2) is 84.9 Å². The predicted octanol–water partition coefficient (Wildman–Crippen LogP) is 5.10. The quantitative estimate of drug-likeness (QED) is 0.413. The van der Waals surface area contributed by atoms with Gasteiger partial charge in [-0.2, -0.15) is 0 Å². The van der Waals surface area contributed by atoms with Gasteiger partial charge in [-0.25, -0.2) is 4.98 Å². The molecule has 0 saturated carbocycles. The fraction of sp³-hybridized carbons (Fsp3) is 0.321. The molecule has 1 unspecified atom stereocenters. The summed E-state index contributed by atoms with van der Waals surface area (Å²) in [6, 6.07) is 28.5. The van der Waals surface area contributed by atoms with Crippen LogP contribution in [0.4, 0.5) is 0 Å². The summed E-state index contributed by atoms with van der Waals surface area (Å²) in [6.45, 7) is 2.20. The molecule has 5 heteroatoms. The SMILES string of the molecule is OC(COC(c1ccccc1)c1ccccc1)Cn1c(C2CCOCC2)nc2ccccc21. The van der Waals surface area contributed by atoms with Crippen molar-refractivity contribution in [3.05, 3.63) is 102 Å². The number of ether oxygens (including phenoxy) is 2. The molecule has 1 saturated heterocycles. The Kier molecular flexibility index (Phi) is 6.81. The van der Waals surface area contributed by atoms with Crippen LogP contribution in [0.25, 0.3) is 11.0 Å². The third kappa shape index (κ3) is 5.01. The van der Waals surface area contributed by atoms with E-state index < -0.39 is 6.10 Å². The maximum Gasteiger partial charge on any atom is 0.113 e. The molecule has 1 aromatic heterocycles. The fourth-order valence-corrected chi connectivity index (χ4v) is 4.66. The molecule has 5 rings (SSSR count). The van der Waals surface area contributed by atoms with Gasteiger partial charge in [0.15, 0.2) is 0 Å². The molecule has 0 amide bonds. The zero-order valence-electron chi connectivity index (χ0n) is 18.7. The number of fused-ring (bicyclic) bond motifs is 1. The second-order valence-electron chi connectivity index (χ2n) is 8.64. The summed E-state index contributed by atoms with van der Waals surface area (Å²) < 4.78 is 14.1. The van der Waals surface area contributed by atoms with Crippen LogP contribution in [0.1, 0.15) is 41.8 Å². The van der Waals surface area contributed by atoms with Gasteiger partial charge in [-0.1, -0.05) is 72.8 Å². The number of benzene rings is 3. The van der Waals surface area contributed by atoms with Gasteiger partial charge in [0, 0.05) is 19.1 Å². The molecule has 3 aromatic carbocycles. The number of aliphatic hydroxyl groups is 1. The highest BCUT2D eigenvalue weighted by molar-refractivity contribution is 5.76. The van der Waals surface area contributed by atoms with Gasteiger partial charge in [-0.15, -0.1) is 0 Å². The van der Waals surface area contributed by atoms with Gasteiger partial charge in [0.25, 0.3) is 0 Å². The Labute approximate surface area is 194 Å². The van der Waals surface area contributed by atoms with E-state index in [1.165, 1.54) is 0 Å². The largest absolute Gasteiger partial charge is 0.389 e. The smallest absolute Gasteiger partial charge is 0.113 e. The molecule has 1 aliphatic rings. The van der Waals surface area contributed by atoms with Crippen molar-refractivity contribution in [1.82, 2.24) is 9.55 Å². The van der Waals surface area contributed by atoms with E-state index in [-0.39, 0.29) is 12.7 Å². The standard InChI is InChI=1S/C28H30N2O3/c31-24(20-33-27(21-9-3-1-4-10-21)22-11-5-2-6-12-22)19-30-26-14-8-7-13-25(26)29-28(30)23-15-17-32-18-16-23/h1-14,23-24,27,31H,15-20H2. The van der Waals surface area contributed by atoms with Crippen molar-refractivity contribution in [2.45, 2.75) is 37.5 Å². The Morgan fingerprint density at radius 2 is 1.48 bits per heavy atom. The number of rotatable bonds is 8. The molecule has 1 atom stereocenters. The van der Waals surface area contributed by atoms with Crippen LogP contribution < -0.4 is 0 Å². The lowest BCUT2D eigenvalue weighted by atomic mass is 9.99. The van der Waals surface area contributed by atoms with E-state index in [1.807, 2.05) is 54.6 Å². The van der Waals surface area contributed by atoms with Crippen molar-refractivity contribution in [3.8, 4) is 0 Å². The Morgan fingerprint density at radius 1 is 0.879 bits per heavy atom. The topological polar surface area (TPSA) is 56.5 Å². The third-order valence-corrected chi connectivity index (χ3v) is 6.32. The number of aromatic nitrogens is 2. The van der Waals surface area contributed by atoms with Crippen LogP contribution in [-0.2, 0) is 16.0 Å². The third-order valence-electron chi connectivity index (χ3n) is 6.32. The van der Waals surface area contributed by atoms with Crippen LogP contribution in [0.2, 0.25) is 0 Å². The highest BCUT2D eigenvalue weighted by Gasteiger charge is 2.24. The van der Waals surface area contributed by atoms with Crippen LogP contribution in [0.5, 0.6) is 0 Å². The number of hydrogen-bond donors (Lipinski definition) is 1. The van der Waals surface area contributed by atoms with Crippen LogP contribution in [0.3, 0.4) is 0 Å². The average Bonchev–Trinajstić information content (AvgIpc) is 3.24. The van der Waals surface area contributed by atoms with Crippen LogP contribution in [-0.4, -0.2) is 40.6 Å². The first-order valence-corrected chi connectivity index (χ1v) is 11.7. The van der Waals surface area contributed by atoms with E-state index in [0.29, 0.717) is 12.5 Å². The molecule has 1 N–H and O–H groups in total. The lowest BCUT2D eigenvalue weighted by Gasteiger charge is -2.25. The van der Waals surface area contributed by atoms with E-state index in [1.54, 1.807) is 0 Å². The molecule has 5 nitrogen and oxygen atoms in total. The molecule has 0 aliphatic carbocycles. The summed E-state index contributed by atoms with van der Waals surface area (Å²) in [6.07, 6.45) is 1.03. The summed E-state index contributed by atoms with van der Waals surface area (Å²) in [5, 5.41) is 11.0. The van der Waals surface area contributed by atoms with Gasteiger partial charge in [-0.05, 0) is 36.1 Å². The molecule has 170 valence electrons. The predicted molar refractivity (Wildman–Crippen MR) is 129 cm³/mol. The van der Waals surface area contributed by atoms with Gasteiger partial charge in [0.05, 0.1) is 30.3 Å². The highest BCUT2D eigenvalue weighted by atomic mass is 16.5. The van der Waals surface area contributed by atoms with Crippen molar-refractivity contribution in [2.24, 2.45) is 0 Å². The van der Waals surface area contributed by atoms with Crippen molar-refractivity contribution in [3.63, 3.8) is 0 Å². The number of aliphatic hydroxyl groups excluding tert-OH is 1. The van der Waals surface area contributed by atoms with E-state index in [0.717, 1.165) is 54.0 Å². The van der Waals surface area contributed by atoms with Crippen molar-refractivity contribution in [1.29, 1.82) is 0 Å². The average molecular weight is 443 g/mol. The van der Waals surface area contributed by atoms with Crippen molar-refractivity contribution in [2.75, 3.05) is 19.8 Å². The Balaban J connectivity index is 1.36. The second-order valence-corrected chi connectivity index (χ2v) is 8.64. The van der Waals surface area contributed by atoms with E-state index in [4.69, 9.17) is 14.5 Å². The van der Waals surface area contributed by atoms with Crippen molar-refractivity contribution >= 4 is 11.0 Å². The van der Waals surface area contributed by atoms with Crippen LogP contribution in [0, 0.1) is 0 Å².